The smallest absolute Gasteiger partial charge is 0.0653 e. The Hall–Kier alpha value is -0.920. The third-order valence-electron chi connectivity index (χ3n) is 3.77. The molecule has 0 aliphatic carbocycles. The largest absolute Gasteiger partial charge is 0.387 e. The van der Waals surface area contributed by atoms with Crippen molar-refractivity contribution in [1.82, 2.24) is 10.6 Å². The minimum atomic E-state index is 0.281. The highest BCUT2D eigenvalue weighted by Crippen LogP contribution is 2.16. The molecule has 0 aromatic carbocycles. The number of nitrogens with one attached hydrogen (secondary N) is 2. The van der Waals surface area contributed by atoms with Gasteiger partial charge in [0.25, 0.3) is 0 Å². The molecule has 2 heteroatoms. The Balaban J connectivity index is 4.46. The van der Waals surface area contributed by atoms with E-state index in [0.717, 1.165) is 36.7 Å². The average Bonchev–Trinajstić information content (AvgIpc) is 2.35. The van der Waals surface area contributed by atoms with E-state index in [-0.39, 0.29) is 6.04 Å². The van der Waals surface area contributed by atoms with E-state index >= 15 is 0 Å². The summed E-state index contributed by atoms with van der Waals surface area (Å²) < 4.78 is 0. The van der Waals surface area contributed by atoms with Gasteiger partial charge in [-0.15, -0.1) is 0 Å². The monoisotopic (exact) mass is 280 g/mol. The van der Waals surface area contributed by atoms with Crippen molar-refractivity contribution in [2.45, 2.75) is 66.8 Å². The second-order valence-corrected chi connectivity index (χ2v) is 6.80. The van der Waals surface area contributed by atoms with E-state index in [1.807, 2.05) is 0 Å². The molecule has 2 nitrogen and oxygen atoms in total. The first-order chi connectivity index (χ1) is 9.27. The molecule has 0 aliphatic heterocycles. The summed E-state index contributed by atoms with van der Waals surface area (Å²) in [5.74, 6) is 1.87. The fourth-order valence-electron chi connectivity index (χ4n) is 2.02. The number of allylic oxidation sites excluding steroid dienone is 1. The van der Waals surface area contributed by atoms with Crippen LogP contribution in [-0.2, 0) is 0 Å². The van der Waals surface area contributed by atoms with E-state index in [2.05, 4.69) is 65.3 Å². The Bertz CT molecular complexity index is 292. The number of rotatable bonds is 11. The summed E-state index contributed by atoms with van der Waals surface area (Å²) in [6.45, 7) is 22.8. The minimum Gasteiger partial charge on any atom is -0.387 e. The molecule has 0 radical (unpaired) electrons. The number of hydrogen-bond donors (Lipinski definition) is 2. The van der Waals surface area contributed by atoms with Crippen LogP contribution in [0.1, 0.15) is 60.8 Å². The molecule has 0 aliphatic rings. The molecule has 118 valence electrons. The zero-order valence-electron chi connectivity index (χ0n) is 14.6. The van der Waals surface area contributed by atoms with E-state index in [1.54, 1.807) is 0 Å². The zero-order valence-corrected chi connectivity index (χ0v) is 14.6. The molecule has 20 heavy (non-hydrogen) atoms. The lowest BCUT2D eigenvalue weighted by atomic mass is 9.98. The van der Waals surface area contributed by atoms with Crippen LogP contribution in [0.2, 0.25) is 0 Å². The summed E-state index contributed by atoms with van der Waals surface area (Å²) in [6, 6.07) is 0.281. The van der Waals surface area contributed by atoms with E-state index in [9.17, 15) is 0 Å². The van der Waals surface area contributed by atoms with Gasteiger partial charge in [-0.05, 0) is 37.0 Å². The first kappa shape index (κ1) is 19.1. The van der Waals surface area contributed by atoms with Gasteiger partial charge in [0.15, 0.2) is 0 Å². The molecule has 0 spiro atoms. The highest BCUT2D eigenvalue weighted by Gasteiger charge is 2.16. The maximum Gasteiger partial charge on any atom is 0.0653 e. The van der Waals surface area contributed by atoms with Gasteiger partial charge in [0.05, 0.1) is 6.04 Å². The topological polar surface area (TPSA) is 24.1 Å². The van der Waals surface area contributed by atoms with Crippen LogP contribution < -0.4 is 10.6 Å². The van der Waals surface area contributed by atoms with Crippen molar-refractivity contribution in [2.24, 2.45) is 17.8 Å². The van der Waals surface area contributed by atoms with Crippen LogP contribution in [0.4, 0.5) is 0 Å². The van der Waals surface area contributed by atoms with Crippen molar-refractivity contribution in [2.75, 3.05) is 6.54 Å². The maximum atomic E-state index is 4.23. The lowest BCUT2D eigenvalue weighted by molar-refractivity contribution is 0.440. The first-order valence-corrected chi connectivity index (χ1v) is 8.15. The predicted molar refractivity (Wildman–Crippen MR) is 91.6 cm³/mol. The van der Waals surface area contributed by atoms with Crippen LogP contribution in [-0.4, -0.2) is 12.6 Å². The summed E-state index contributed by atoms with van der Waals surface area (Å²) in [5.41, 5.74) is 2.23. The van der Waals surface area contributed by atoms with Crippen molar-refractivity contribution >= 4 is 0 Å². The number of hydrogen-bond acceptors (Lipinski definition) is 2. The van der Waals surface area contributed by atoms with Crippen LogP contribution in [0.15, 0.2) is 24.6 Å². The average molecular weight is 280 g/mol. The van der Waals surface area contributed by atoms with Gasteiger partial charge >= 0.3 is 0 Å². The molecule has 2 N–H and O–H groups in total. The molecule has 2 unspecified atom stereocenters. The summed E-state index contributed by atoms with van der Waals surface area (Å²) in [7, 11) is 0. The maximum absolute atomic E-state index is 4.23. The molecular weight excluding hydrogens is 244 g/mol. The molecule has 0 heterocycles. The fourth-order valence-corrected chi connectivity index (χ4v) is 2.02. The van der Waals surface area contributed by atoms with Gasteiger partial charge in [0.2, 0.25) is 0 Å². The lowest BCUT2D eigenvalue weighted by Crippen LogP contribution is -2.38. The third-order valence-corrected chi connectivity index (χ3v) is 3.77. The minimum absolute atomic E-state index is 0.281. The van der Waals surface area contributed by atoms with Crippen molar-refractivity contribution in [3.63, 3.8) is 0 Å². The molecule has 0 bridgehead atoms. The van der Waals surface area contributed by atoms with Crippen LogP contribution in [0.5, 0.6) is 0 Å². The normalized spacial score (nSPS) is 14.2. The van der Waals surface area contributed by atoms with Gasteiger partial charge < -0.3 is 10.6 Å². The quantitative estimate of drug-likeness (QED) is 0.573. The van der Waals surface area contributed by atoms with Gasteiger partial charge in [-0.3, -0.25) is 0 Å². The van der Waals surface area contributed by atoms with Gasteiger partial charge in [0.1, 0.15) is 0 Å². The molecule has 0 fully saturated rings. The first-order valence-electron chi connectivity index (χ1n) is 8.15. The Labute approximate surface area is 127 Å². The Morgan fingerprint density at radius 3 is 2.00 bits per heavy atom. The zero-order chi connectivity index (χ0) is 15.7. The van der Waals surface area contributed by atoms with E-state index in [1.165, 1.54) is 6.42 Å². The highest BCUT2D eigenvalue weighted by atomic mass is 15.0. The van der Waals surface area contributed by atoms with Gasteiger partial charge in [0, 0.05) is 17.9 Å². The Kier molecular flexibility index (Phi) is 9.45. The Morgan fingerprint density at radius 1 is 0.950 bits per heavy atom. The molecule has 0 saturated carbocycles. The summed E-state index contributed by atoms with van der Waals surface area (Å²) in [5, 5.41) is 7.06. The molecule has 0 saturated heterocycles. The van der Waals surface area contributed by atoms with Crippen LogP contribution >= 0.6 is 0 Å². The van der Waals surface area contributed by atoms with Crippen molar-refractivity contribution in [3.05, 3.63) is 24.6 Å². The summed E-state index contributed by atoms with van der Waals surface area (Å²) >= 11 is 0. The third kappa shape index (κ3) is 8.29. The second-order valence-electron chi connectivity index (χ2n) is 6.80. The van der Waals surface area contributed by atoms with E-state index in [0.29, 0.717) is 11.8 Å². The molecule has 2 atom stereocenters. The highest BCUT2D eigenvalue weighted by molar-refractivity contribution is 5.10. The van der Waals surface area contributed by atoms with Gasteiger partial charge in [-0.2, -0.15) is 0 Å². The second kappa shape index (κ2) is 9.90. The molecule has 0 rings (SSSR count). The lowest BCUT2D eigenvalue weighted by Gasteiger charge is -2.28. The van der Waals surface area contributed by atoms with Crippen LogP contribution in [0.3, 0.4) is 0 Å². The Morgan fingerprint density at radius 2 is 1.55 bits per heavy atom. The molecule has 0 aromatic heterocycles. The van der Waals surface area contributed by atoms with Crippen LogP contribution in [0, 0.1) is 17.8 Å². The predicted octanol–water partition coefficient (Wildman–Crippen LogP) is 4.70. The van der Waals surface area contributed by atoms with Crippen LogP contribution in [0.25, 0.3) is 0 Å². The summed E-state index contributed by atoms with van der Waals surface area (Å²) in [6.07, 6.45) is 3.39. The molecule has 0 aromatic rings. The van der Waals surface area contributed by atoms with Crippen molar-refractivity contribution in [3.8, 4) is 0 Å². The van der Waals surface area contributed by atoms with Gasteiger partial charge in [-0.25, -0.2) is 0 Å². The SMILES string of the molecule is C=C(NC(CC(C)C)C(=C)NCCC(C)C)C(C)CC. The molecule has 0 amide bonds. The molecular formula is C18H36N2. The van der Waals surface area contributed by atoms with E-state index < -0.39 is 0 Å². The van der Waals surface area contributed by atoms with Crippen molar-refractivity contribution < 1.29 is 0 Å². The standard InChI is InChI=1S/C18H36N2/c1-9-15(6)16(7)20-18(12-14(4)5)17(8)19-11-10-13(2)3/h13-15,18-20H,7-12H2,1-6H3. The van der Waals surface area contributed by atoms with E-state index in [4.69, 9.17) is 0 Å². The fraction of sp³-hybridized carbons (Fsp3) is 0.778. The van der Waals surface area contributed by atoms with Gasteiger partial charge in [-0.1, -0.05) is 54.7 Å². The summed E-state index contributed by atoms with van der Waals surface area (Å²) in [4.78, 5) is 0. The van der Waals surface area contributed by atoms with Crippen molar-refractivity contribution in [1.29, 1.82) is 0 Å².